The van der Waals surface area contributed by atoms with Crippen molar-refractivity contribution in [3.05, 3.63) is 76.4 Å². The van der Waals surface area contributed by atoms with Gasteiger partial charge < -0.3 is 9.47 Å². The summed E-state index contributed by atoms with van der Waals surface area (Å²) in [6.07, 6.45) is 0. The van der Waals surface area contributed by atoms with E-state index in [-0.39, 0.29) is 12.5 Å². The van der Waals surface area contributed by atoms with Crippen LogP contribution in [0.15, 0.2) is 60.0 Å². The van der Waals surface area contributed by atoms with Crippen molar-refractivity contribution in [3.8, 4) is 5.75 Å². The highest BCUT2D eigenvalue weighted by molar-refractivity contribution is 7.14. The largest absolute Gasteiger partial charge is 0.495 e. The summed E-state index contributed by atoms with van der Waals surface area (Å²) in [6, 6.07) is 15.7. The molecule has 0 N–H and O–H groups in total. The Labute approximate surface area is 193 Å². The third-order valence-corrected chi connectivity index (χ3v) is 5.70. The molecule has 0 atom stereocenters. The Morgan fingerprint density at radius 3 is 2.69 bits per heavy atom. The molecule has 0 saturated heterocycles. The van der Waals surface area contributed by atoms with E-state index in [0.717, 1.165) is 5.39 Å². The topological polar surface area (TPSA) is 81.6 Å². The molecule has 0 aliphatic carbocycles. The molecule has 0 radical (unpaired) electrons. The van der Waals surface area contributed by atoms with E-state index in [9.17, 15) is 9.59 Å². The number of methoxy groups -OCH3 is 1. The minimum absolute atomic E-state index is 0.0239. The van der Waals surface area contributed by atoms with Crippen molar-refractivity contribution >= 4 is 56.5 Å². The van der Waals surface area contributed by atoms with E-state index < -0.39 is 5.97 Å². The molecule has 2 heterocycles. The number of esters is 1. The number of carbonyl (C=O) groups is 2. The summed E-state index contributed by atoms with van der Waals surface area (Å²) in [4.78, 5) is 35.0. The van der Waals surface area contributed by atoms with Gasteiger partial charge in [0.1, 0.15) is 17.5 Å². The number of nitrogens with zero attached hydrogens (tertiary/aromatic N) is 3. The monoisotopic (exact) mass is 467 g/mol. The smallest absolute Gasteiger partial charge is 0.338 e. The van der Waals surface area contributed by atoms with Crippen LogP contribution >= 0.6 is 22.9 Å². The fourth-order valence-electron chi connectivity index (χ4n) is 3.14. The van der Waals surface area contributed by atoms with Crippen LogP contribution in [0.3, 0.4) is 0 Å². The lowest BCUT2D eigenvalue weighted by Crippen LogP contribution is -2.23. The van der Waals surface area contributed by atoms with Gasteiger partial charge in [0.15, 0.2) is 5.13 Å². The predicted molar refractivity (Wildman–Crippen MR) is 124 cm³/mol. The first-order chi connectivity index (χ1) is 15.5. The van der Waals surface area contributed by atoms with Gasteiger partial charge in [0.2, 0.25) is 5.91 Å². The molecule has 7 nitrogen and oxygen atoms in total. The Bertz CT molecular complexity index is 1310. The fraction of sp³-hybridized carbons (Fsp3) is 0.130. The number of rotatable bonds is 6. The zero-order valence-corrected chi connectivity index (χ0v) is 18.8. The molecule has 9 heteroatoms. The summed E-state index contributed by atoms with van der Waals surface area (Å²) < 4.78 is 10.8. The number of hydrogen-bond donors (Lipinski definition) is 0. The van der Waals surface area contributed by atoms with Crippen LogP contribution in [0.2, 0.25) is 5.15 Å². The standard InChI is InChI=1S/C23H18ClN3O4S/c1-14(28)27(19-5-3-4-6-20(19)30-2)23-25-17(13-32-23)12-31-22(29)16-7-9-18-15(11-16)8-10-21(24)26-18/h3-11,13H,12H2,1-2H3. The van der Waals surface area contributed by atoms with Crippen molar-refractivity contribution in [2.75, 3.05) is 12.0 Å². The number of benzene rings is 2. The predicted octanol–water partition coefficient (Wildman–Crippen LogP) is 5.39. The van der Waals surface area contributed by atoms with Crippen molar-refractivity contribution in [2.24, 2.45) is 0 Å². The number of fused-ring (bicyclic) bond motifs is 1. The molecule has 0 aliphatic rings. The Balaban J connectivity index is 1.49. The lowest BCUT2D eigenvalue weighted by molar-refractivity contribution is -0.115. The van der Waals surface area contributed by atoms with Crippen molar-refractivity contribution in [1.29, 1.82) is 0 Å². The average Bonchev–Trinajstić information content (AvgIpc) is 3.25. The molecule has 2 aromatic heterocycles. The van der Waals surface area contributed by atoms with Crippen molar-refractivity contribution < 1.29 is 19.1 Å². The average molecular weight is 468 g/mol. The molecule has 2 aromatic carbocycles. The van der Waals surface area contributed by atoms with Crippen molar-refractivity contribution in [1.82, 2.24) is 9.97 Å². The van der Waals surface area contributed by atoms with Gasteiger partial charge in [0, 0.05) is 17.7 Å². The minimum atomic E-state index is -0.482. The van der Waals surface area contributed by atoms with E-state index in [1.54, 1.807) is 55.0 Å². The quantitative estimate of drug-likeness (QED) is 0.279. The van der Waals surface area contributed by atoms with Gasteiger partial charge in [-0.05, 0) is 42.5 Å². The molecule has 0 fully saturated rings. The van der Waals surface area contributed by atoms with Crippen LogP contribution in [-0.4, -0.2) is 29.0 Å². The number of amides is 1. The van der Waals surface area contributed by atoms with E-state index >= 15 is 0 Å². The molecular formula is C23H18ClN3O4S. The van der Waals surface area contributed by atoms with E-state index in [2.05, 4.69) is 9.97 Å². The second kappa shape index (κ2) is 9.33. The molecule has 0 spiro atoms. The maximum absolute atomic E-state index is 12.5. The van der Waals surface area contributed by atoms with Crippen LogP contribution in [0.4, 0.5) is 10.8 Å². The van der Waals surface area contributed by atoms with Gasteiger partial charge >= 0.3 is 5.97 Å². The van der Waals surface area contributed by atoms with E-state index in [4.69, 9.17) is 21.1 Å². The molecule has 32 heavy (non-hydrogen) atoms. The molecule has 0 unspecified atom stereocenters. The lowest BCUT2D eigenvalue weighted by Gasteiger charge is -2.20. The van der Waals surface area contributed by atoms with Gasteiger partial charge in [0.25, 0.3) is 0 Å². The summed E-state index contributed by atoms with van der Waals surface area (Å²) in [5.74, 6) is -0.139. The second-order valence-corrected chi connectivity index (χ2v) is 7.99. The van der Waals surface area contributed by atoms with Gasteiger partial charge in [-0.3, -0.25) is 9.69 Å². The maximum atomic E-state index is 12.5. The van der Waals surface area contributed by atoms with Crippen LogP contribution in [0.5, 0.6) is 5.75 Å². The molecule has 0 aliphatic heterocycles. The number of aromatic nitrogens is 2. The maximum Gasteiger partial charge on any atom is 0.338 e. The number of anilines is 2. The summed E-state index contributed by atoms with van der Waals surface area (Å²) in [7, 11) is 1.54. The fourth-order valence-corrected chi connectivity index (χ4v) is 4.16. The lowest BCUT2D eigenvalue weighted by atomic mass is 10.1. The Kier molecular flexibility index (Phi) is 6.34. The highest BCUT2D eigenvalue weighted by atomic mass is 35.5. The first-order valence-electron chi connectivity index (χ1n) is 9.58. The summed E-state index contributed by atoms with van der Waals surface area (Å²) in [5, 5.41) is 3.38. The number of para-hydroxylation sites is 2. The number of carbonyl (C=O) groups excluding carboxylic acids is 2. The van der Waals surface area contributed by atoms with Crippen LogP contribution in [0.1, 0.15) is 23.0 Å². The molecular weight excluding hydrogens is 450 g/mol. The third-order valence-electron chi connectivity index (χ3n) is 4.61. The zero-order valence-electron chi connectivity index (χ0n) is 17.2. The first kappa shape index (κ1) is 21.7. The van der Waals surface area contributed by atoms with Crippen LogP contribution in [-0.2, 0) is 16.1 Å². The van der Waals surface area contributed by atoms with E-state index in [0.29, 0.717) is 38.5 Å². The Hall–Kier alpha value is -3.49. The zero-order chi connectivity index (χ0) is 22.7. The Morgan fingerprint density at radius 2 is 1.91 bits per heavy atom. The molecule has 162 valence electrons. The number of thiazole rings is 1. The Morgan fingerprint density at radius 1 is 1.09 bits per heavy atom. The van der Waals surface area contributed by atoms with Crippen LogP contribution in [0.25, 0.3) is 10.9 Å². The molecule has 4 aromatic rings. The van der Waals surface area contributed by atoms with Crippen LogP contribution < -0.4 is 9.64 Å². The summed E-state index contributed by atoms with van der Waals surface area (Å²) >= 11 is 7.18. The molecule has 1 amide bonds. The van der Waals surface area contributed by atoms with Gasteiger partial charge in [-0.2, -0.15) is 0 Å². The van der Waals surface area contributed by atoms with Gasteiger partial charge in [-0.1, -0.05) is 23.7 Å². The van der Waals surface area contributed by atoms with Crippen LogP contribution in [0, 0.1) is 0 Å². The van der Waals surface area contributed by atoms with E-state index in [1.807, 2.05) is 12.1 Å². The molecule has 4 rings (SSSR count). The number of ether oxygens (including phenoxy) is 2. The number of halogens is 1. The van der Waals surface area contributed by atoms with E-state index in [1.165, 1.54) is 23.2 Å². The van der Waals surface area contributed by atoms with Gasteiger partial charge in [-0.25, -0.2) is 14.8 Å². The highest BCUT2D eigenvalue weighted by Crippen LogP contribution is 2.35. The van der Waals surface area contributed by atoms with Gasteiger partial charge in [0.05, 0.1) is 29.6 Å². The third kappa shape index (κ3) is 4.56. The SMILES string of the molecule is COc1ccccc1N(C(C)=O)c1nc(COC(=O)c2ccc3nc(Cl)ccc3c2)cs1. The van der Waals surface area contributed by atoms with Crippen molar-refractivity contribution in [3.63, 3.8) is 0 Å². The molecule has 0 bridgehead atoms. The number of pyridine rings is 1. The summed E-state index contributed by atoms with van der Waals surface area (Å²) in [5.41, 5.74) is 2.22. The highest BCUT2D eigenvalue weighted by Gasteiger charge is 2.21. The van der Waals surface area contributed by atoms with Crippen molar-refractivity contribution in [2.45, 2.75) is 13.5 Å². The normalized spacial score (nSPS) is 10.7. The first-order valence-corrected chi connectivity index (χ1v) is 10.8. The minimum Gasteiger partial charge on any atom is -0.495 e. The molecule has 0 saturated carbocycles. The van der Waals surface area contributed by atoms with Gasteiger partial charge in [-0.15, -0.1) is 11.3 Å². The summed E-state index contributed by atoms with van der Waals surface area (Å²) in [6.45, 7) is 1.43. The second-order valence-electron chi connectivity index (χ2n) is 6.77. The number of hydrogen-bond acceptors (Lipinski definition) is 7.